The molecule has 142 valence electrons. The summed E-state index contributed by atoms with van der Waals surface area (Å²) >= 11 is 0. The van der Waals surface area contributed by atoms with Crippen LogP contribution in [0.1, 0.15) is 37.2 Å². The molecule has 0 atom stereocenters. The van der Waals surface area contributed by atoms with Gasteiger partial charge >= 0.3 is 0 Å². The highest BCUT2D eigenvalue weighted by Gasteiger charge is 2.30. The molecule has 2 heterocycles. The number of aryl methyl sites for hydroxylation is 1. The van der Waals surface area contributed by atoms with Crippen molar-refractivity contribution in [2.24, 2.45) is 0 Å². The smallest absolute Gasteiger partial charge is 0.243 e. The standard InChI is InChI=1S/C18H26N4O3S/c1-3-15-4-6-17(7-5-15)26(23,24)21-11-8-16(9-12-21)22-14-19-20-18(22)10-13-25-2/h4-7,14,16H,3,8-13H2,1-2H3. The zero-order valence-electron chi connectivity index (χ0n) is 15.3. The van der Waals surface area contributed by atoms with Crippen LogP contribution in [0.2, 0.25) is 0 Å². The molecule has 1 aromatic carbocycles. The van der Waals surface area contributed by atoms with Crippen molar-refractivity contribution < 1.29 is 13.2 Å². The van der Waals surface area contributed by atoms with Crippen LogP contribution in [0.3, 0.4) is 0 Å². The number of aromatic nitrogens is 3. The van der Waals surface area contributed by atoms with Gasteiger partial charge in [0.2, 0.25) is 10.0 Å². The molecule has 2 aromatic rings. The molecule has 1 saturated heterocycles. The Bertz CT molecular complexity index is 809. The van der Waals surface area contributed by atoms with E-state index in [0.717, 1.165) is 30.7 Å². The van der Waals surface area contributed by atoms with E-state index in [4.69, 9.17) is 4.74 Å². The summed E-state index contributed by atoms with van der Waals surface area (Å²) in [6, 6.07) is 7.43. The lowest BCUT2D eigenvalue weighted by molar-refractivity contribution is 0.197. The van der Waals surface area contributed by atoms with Gasteiger partial charge in [0.1, 0.15) is 12.2 Å². The third-order valence-electron chi connectivity index (χ3n) is 4.96. The second-order valence-electron chi connectivity index (χ2n) is 6.53. The van der Waals surface area contributed by atoms with Crippen LogP contribution in [0.15, 0.2) is 35.5 Å². The minimum atomic E-state index is -3.43. The fraction of sp³-hybridized carbons (Fsp3) is 0.556. The average Bonchev–Trinajstić information content (AvgIpc) is 3.15. The number of sulfonamides is 1. The number of methoxy groups -OCH3 is 1. The molecule has 3 rings (SSSR count). The second kappa shape index (κ2) is 8.28. The van der Waals surface area contributed by atoms with Gasteiger partial charge in [-0.1, -0.05) is 19.1 Å². The highest BCUT2D eigenvalue weighted by atomic mass is 32.2. The topological polar surface area (TPSA) is 77.3 Å². The summed E-state index contributed by atoms with van der Waals surface area (Å²) in [7, 11) is -1.77. The van der Waals surface area contributed by atoms with Crippen LogP contribution >= 0.6 is 0 Å². The van der Waals surface area contributed by atoms with Crippen molar-refractivity contribution in [2.45, 2.75) is 43.5 Å². The van der Waals surface area contributed by atoms with Gasteiger partial charge in [0.15, 0.2) is 0 Å². The lowest BCUT2D eigenvalue weighted by Gasteiger charge is -2.32. The van der Waals surface area contributed by atoms with E-state index in [0.29, 0.717) is 31.0 Å². The Morgan fingerprint density at radius 1 is 1.19 bits per heavy atom. The zero-order valence-corrected chi connectivity index (χ0v) is 16.2. The van der Waals surface area contributed by atoms with Crippen molar-refractivity contribution in [3.05, 3.63) is 42.0 Å². The Morgan fingerprint density at radius 2 is 1.88 bits per heavy atom. The molecule has 0 radical (unpaired) electrons. The minimum Gasteiger partial charge on any atom is -0.384 e. The molecular formula is C18H26N4O3S. The molecule has 0 amide bonds. The van der Waals surface area contributed by atoms with Crippen LogP contribution in [-0.2, 0) is 27.6 Å². The molecule has 0 bridgehead atoms. The molecule has 0 N–H and O–H groups in total. The van der Waals surface area contributed by atoms with E-state index in [1.54, 1.807) is 29.9 Å². The Balaban J connectivity index is 1.67. The predicted octanol–water partition coefficient (Wildman–Crippen LogP) is 2.06. The van der Waals surface area contributed by atoms with Crippen LogP contribution in [0.5, 0.6) is 0 Å². The molecule has 1 aliphatic heterocycles. The van der Waals surface area contributed by atoms with E-state index in [1.807, 2.05) is 12.1 Å². The van der Waals surface area contributed by atoms with Crippen LogP contribution in [0.4, 0.5) is 0 Å². The number of ether oxygens (including phenoxy) is 1. The third kappa shape index (κ3) is 3.97. The van der Waals surface area contributed by atoms with Gasteiger partial charge in [-0.05, 0) is 37.0 Å². The Labute approximate surface area is 155 Å². The molecule has 1 aliphatic rings. The fourth-order valence-corrected chi connectivity index (χ4v) is 4.82. The quantitative estimate of drug-likeness (QED) is 0.737. The molecule has 8 heteroatoms. The van der Waals surface area contributed by atoms with Crippen LogP contribution in [-0.4, -0.2) is 54.3 Å². The van der Waals surface area contributed by atoms with Crippen molar-refractivity contribution in [1.29, 1.82) is 0 Å². The van der Waals surface area contributed by atoms with Gasteiger partial charge < -0.3 is 9.30 Å². The molecule has 0 unspecified atom stereocenters. The molecule has 1 aromatic heterocycles. The van der Waals surface area contributed by atoms with E-state index in [1.165, 1.54) is 0 Å². The van der Waals surface area contributed by atoms with Crippen molar-refractivity contribution >= 4 is 10.0 Å². The number of hydrogen-bond acceptors (Lipinski definition) is 5. The molecule has 7 nitrogen and oxygen atoms in total. The summed E-state index contributed by atoms with van der Waals surface area (Å²) in [4.78, 5) is 0.373. The van der Waals surface area contributed by atoms with Gasteiger partial charge in [0.05, 0.1) is 11.5 Å². The normalized spacial score (nSPS) is 16.8. The highest BCUT2D eigenvalue weighted by molar-refractivity contribution is 7.89. The lowest BCUT2D eigenvalue weighted by Crippen LogP contribution is -2.39. The summed E-state index contributed by atoms with van der Waals surface area (Å²) < 4.78 is 34.5. The second-order valence-corrected chi connectivity index (χ2v) is 8.47. The zero-order chi connectivity index (χ0) is 18.6. The maximum Gasteiger partial charge on any atom is 0.243 e. The van der Waals surface area contributed by atoms with Gasteiger partial charge in [-0.25, -0.2) is 8.42 Å². The summed E-state index contributed by atoms with van der Waals surface area (Å²) in [5.74, 6) is 0.892. The Kier molecular flexibility index (Phi) is 6.05. The summed E-state index contributed by atoms with van der Waals surface area (Å²) in [5, 5.41) is 8.17. The van der Waals surface area contributed by atoms with Gasteiger partial charge in [0.25, 0.3) is 0 Å². The van der Waals surface area contributed by atoms with Crippen molar-refractivity contribution in [1.82, 2.24) is 19.1 Å². The Hall–Kier alpha value is -1.77. The SMILES string of the molecule is CCc1ccc(S(=O)(=O)N2CCC(n3cnnc3CCOC)CC2)cc1. The number of hydrogen-bond donors (Lipinski definition) is 0. The minimum absolute atomic E-state index is 0.228. The molecule has 0 spiro atoms. The number of rotatable bonds is 7. The van der Waals surface area contributed by atoms with Crippen molar-refractivity contribution in [2.75, 3.05) is 26.8 Å². The number of nitrogens with zero attached hydrogens (tertiary/aromatic N) is 4. The molecule has 1 fully saturated rings. The molecule has 0 aliphatic carbocycles. The van der Waals surface area contributed by atoms with E-state index >= 15 is 0 Å². The maximum atomic E-state index is 12.9. The highest BCUT2D eigenvalue weighted by Crippen LogP contribution is 2.27. The molecule has 26 heavy (non-hydrogen) atoms. The molecular weight excluding hydrogens is 352 g/mol. The molecule has 0 saturated carbocycles. The van der Waals surface area contributed by atoms with Gasteiger partial charge in [-0.3, -0.25) is 0 Å². The van der Waals surface area contributed by atoms with Crippen LogP contribution in [0.25, 0.3) is 0 Å². The number of benzene rings is 1. The summed E-state index contributed by atoms with van der Waals surface area (Å²) in [5.41, 5.74) is 1.14. The first-order valence-electron chi connectivity index (χ1n) is 9.02. The van der Waals surface area contributed by atoms with Crippen LogP contribution < -0.4 is 0 Å². The first kappa shape index (κ1) is 19.0. The lowest BCUT2D eigenvalue weighted by atomic mass is 10.1. The monoisotopic (exact) mass is 378 g/mol. The first-order valence-corrected chi connectivity index (χ1v) is 10.5. The van der Waals surface area contributed by atoms with Gasteiger partial charge in [-0.2, -0.15) is 4.31 Å². The largest absolute Gasteiger partial charge is 0.384 e. The number of piperidine rings is 1. The average molecular weight is 378 g/mol. The first-order chi connectivity index (χ1) is 12.6. The van der Waals surface area contributed by atoms with Crippen molar-refractivity contribution in [3.8, 4) is 0 Å². The van der Waals surface area contributed by atoms with E-state index in [2.05, 4.69) is 21.7 Å². The third-order valence-corrected chi connectivity index (χ3v) is 6.88. The predicted molar refractivity (Wildman–Crippen MR) is 98.5 cm³/mol. The van der Waals surface area contributed by atoms with Gasteiger partial charge in [0, 0.05) is 32.7 Å². The summed E-state index contributed by atoms with van der Waals surface area (Å²) in [6.07, 6.45) is 4.85. The maximum absolute atomic E-state index is 12.9. The van der Waals surface area contributed by atoms with Gasteiger partial charge in [-0.15, -0.1) is 10.2 Å². The van der Waals surface area contributed by atoms with E-state index < -0.39 is 10.0 Å². The van der Waals surface area contributed by atoms with Crippen molar-refractivity contribution in [3.63, 3.8) is 0 Å². The fourth-order valence-electron chi connectivity index (χ4n) is 3.35. The Morgan fingerprint density at radius 3 is 2.50 bits per heavy atom. The summed E-state index contributed by atoms with van der Waals surface area (Å²) in [6.45, 7) is 3.66. The van der Waals surface area contributed by atoms with E-state index in [9.17, 15) is 8.42 Å². The van der Waals surface area contributed by atoms with E-state index in [-0.39, 0.29) is 6.04 Å². The van der Waals surface area contributed by atoms with Crippen LogP contribution in [0, 0.1) is 0 Å².